The average molecular weight is 217 g/mol. The summed E-state index contributed by atoms with van der Waals surface area (Å²) in [6.45, 7) is 3.36. The lowest BCUT2D eigenvalue weighted by Crippen LogP contribution is -2.42. The lowest BCUT2D eigenvalue weighted by atomic mass is 9.91. The van der Waals surface area contributed by atoms with Crippen molar-refractivity contribution < 1.29 is 14.9 Å². The molecule has 0 aromatic heterocycles. The predicted octanol–water partition coefficient (Wildman–Crippen LogP) is 0.232. The Labute approximate surface area is 91.8 Å². The molecular formula is C11H23NO3. The molecule has 15 heavy (non-hydrogen) atoms. The van der Waals surface area contributed by atoms with Gasteiger partial charge in [0.05, 0.1) is 19.8 Å². The van der Waals surface area contributed by atoms with Gasteiger partial charge in [-0.3, -0.25) is 4.90 Å². The Morgan fingerprint density at radius 1 is 1.07 bits per heavy atom. The monoisotopic (exact) mass is 217 g/mol. The van der Waals surface area contributed by atoms with Crippen LogP contribution in [0.2, 0.25) is 0 Å². The molecule has 1 fully saturated rings. The second kappa shape index (κ2) is 8.05. The van der Waals surface area contributed by atoms with Crippen LogP contribution in [0.4, 0.5) is 0 Å². The zero-order valence-electron chi connectivity index (χ0n) is 9.40. The number of hydrogen-bond donors (Lipinski definition) is 2. The molecule has 0 spiro atoms. The van der Waals surface area contributed by atoms with Gasteiger partial charge in [-0.15, -0.1) is 0 Å². The minimum absolute atomic E-state index is 0.0973. The summed E-state index contributed by atoms with van der Waals surface area (Å²) in [4.78, 5) is 2.40. The van der Waals surface area contributed by atoms with E-state index < -0.39 is 0 Å². The fourth-order valence-corrected chi connectivity index (χ4v) is 1.85. The topological polar surface area (TPSA) is 52.9 Å². The predicted molar refractivity (Wildman–Crippen MR) is 58.8 cm³/mol. The van der Waals surface area contributed by atoms with Crippen molar-refractivity contribution in [3.8, 4) is 0 Å². The maximum absolute atomic E-state index is 8.81. The lowest BCUT2D eigenvalue weighted by molar-refractivity contribution is 0.0458. The Morgan fingerprint density at radius 2 is 1.87 bits per heavy atom. The van der Waals surface area contributed by atoms with Gasteiger partial charge in [-0.2, -0.15) is 0 Å². The van der Waals surface area contributed by atoms with Crippen LogP contribution in [0.3, 0.4) is 0 Å². The third-order valence-corrected chi connectivity index (χ3v) is 2.95. The van der Waals surface area contributed by atoms with Crippen molar-refractivity contribution in [2.24, 2.45) is 0 Å². The Morgan fingerprint density at radius 3 is 2.40 bits per heavy atom. The first-order valence-electron chi connectivity index (χ1n) is 5.92. The molecule has 4 heteroatoms. The molecule has 0 aromatic carbocycles. The van der Waals surface area contributed by atoms with E-state index in [-0.39, 0.29) is 13.2 Å². The summed E-state index contributed by atoms with van der Waals surface area (Å²) in [6.07, 6.45) is 4.74. The number of aliphatic hydroxyl groups excluding tert-OH is 2. The van der Waals surface area contributed by atoms with Gasteiger partial charge in [0, 0.05) is 25.7 Å². The van der Waals surface area contributed by atoms with E-state index in [1.54, 1.807) is 0 Å². The average Bonchev–Trinajstić information content (AvgIpc) is 2.17. The van der Waals surface area contributed by atoms with Crippen LogP contribution >= 0.6 is 0 Å². The van der Waals surface area contributed by atoms with Crippen molar-refractivity contribution in [2.45, 2.75) is 31.7 Å². The molecule has 0 radical (unpaired) electrons. The van der Waals surface area contributed by atoms with Crippen LogP contribution in [-0.2, 0) is 4.74 Å². The van der Waals surface area contributed by atoms with Gasteiger partial charge in [-0.05, 0) is 19.3 Å². The minimum Gasteiger partial charge on any atom is -0.396 e. The zero-order valence-corrected chi connectivity index (χ0v) is 9.40. The molecule has 0 atom stereocenters. The molecule has 1 aliphatic carbocycles. The van der Waals surface area contributed by atoms with E-state index in [0.29, 0.717) is 19.3 Å². The van der Waals surface area contributed by atoms with Crippen molar-refractivity contribution in [3.63, 3.8) is 0 Å². The van der Waals surface area contributed by atoms with Crippen LogP contribution < -0.4 is 0 Å². The van der Waals surface area contributed by atoms with Crippen LogP contribution in [0.25, 0.3) is 0 Å². The van der Waals surface area contributed by atoms with E-state index in [1.165, 1.54) is 19.3 Å². The second-order valence-electron chi connectivity index (χ2n) is 4.03. The van der Waals surface area contributed by atoms with Crippen LogP contribution in [-0.4, -0.2) is 60.7 Å². The van der Waals surface area contributed by atoms with Crippen molar-refractivity contribution in [1.29, 1.82) is 0 Å². The van der Waals surface area contributed by atoms with Crippen LogP contribution in [0.1, 0.15) is 25.7 Å². The molecule has 1 saturated carbocycles. The van der Waals surface area contributed by atoms with Gasteiger partial charge in [-0.1, -0.05) is 6.42 Å². The molecular weight excluding hydrogens is 194 g/mol. The van der Waals surface area contributed by atoms with E-state index in [9.17, 15) is 0 Å². The van der Waals surface area contributed by atoms with Gasteiger partial charge in [0.2, 0.25) is 0 Å². The Bertz CT molecular complexity index is 151. The fraction of sp³-hybridized carbons (Fsp3) is 1.00. The van der Waals surface area contributed by atoms with Crippen molar-refractivity contribution in [2.75, 3.05) is 39.5 Å². The number of nitrogens with zero attached hydrogens (tertiary/aromatic N) is 1. The highest BCUT2D eigenvalue weighted by Crippen LogP contribution is 2.24. The second-order valence-corrected chi connectivity index (χ2v) is 4.03. The van der Waals surface area contributed by atoms with Gasteiger partial charge >= 0.3 is 0 Å². The lowest BCUT2D eigenvalue weighted by Gasteiger charge is -2.37. The molecule has 2 N–H and O–H groups in total. The van der Waals surface area contributed by atoms with Crippen LogP contribution in [0.5, 0.6) is 0 Å². The van der Waals surface area contributed by atoms with Crippen LogP contribution in [0.15, 0.2) is 0 Å². The molecule has 0 heterocycles. The van der Waals surface area contributed by atoms with Gasteiger partial charge in [0.25, 0.3) is 0 Å². The molecule has 1 aliphatic rings. The van der Waals surface area contributed by atoms with Crippen LogP contribution in [0, 0.1) is 0 Å². The number of aliphatic hydroxyl groups is 2. The molecule has 0 aromatic rings. The number of hydrogen-bond acceptors (Lipinski definition) is 4. The third kappa shape index (κ3) is 4.93. The van der Waals surface area contributed by atoms with Crippen molar-refractivity contribution >= 4 is 0 Å². The largest absolute Gasteiger partial charge is 0.396 e. The van der Waals surface area contributed by atoms with E-state index in [2.05, 4.69) is 4.90 Å². The summed E-state index contributed by atoms with van der Waals surface area (Å²) in [5.41, 5.74) is 0. The Hall–Kier alpha value is -0.160. The standard InChI is InChI=1S/C11H23NO3/c13-7-2-5-12(11-3-1-4-11)6-9-15-10-8-14/h11,13-14H,1-10H2. The molecule has 0 aliphatic heterocycles. The smallest absolute Gasteiger partial charge is 0.0698 e. The molecule has 1 rings (SSSR count). The minimum atomic E-state index is 0.0973. The van der Waals surface area contributed by atoms with Gasteiger partial charge in [0.1, 0.15) is 0 Å². The maximum atomic E-state index is 8.81. The van der Waals surface area contributed by atoms with Gasteiger partial charge < -0.3 is 14.9 Å². The first kappa shape index (κ1) is 12.9. The first-order valence-corrected chi connectivity index (χ1v) is 5.92. The van der Waals surface area contributed by atoms with E-state index in [0.717, 1.165) is 19.5 Å². The SMILES string of the molecule is OCCCN(CCOCCO)C1CCC1. The van der Waals surface area contributed by atoms with E-state index >= 15 is 0 Å². The quantitative estimate of drug-likeness (QED) is 0.543. The van der Waals surface area contributed by atoms with Crippen molar-refractivity contribution in [1.82, 2.24) is 4.90 Å². The van der Waals surface area contributed by atoms with Crippen molar-refractivity contribution in [3.05, 3.63) is 0 Å². The first-order chi connectivity index (χ1) is 7.38. The maximum Gasteiger partial charge on any atom is 0.0698 e. The molecule has 0 unspecified atom stereocenters. The summed E-state index contributed by atoms with van der Waals surface area (Å²) >= 11 is 0. The Balaban J connectivity index is 2.10. The highest BCUT2D eigenvalue weighted by atomic mass is 16.5. The Kier molecular flexibility index (Phi) is 6.92. The molecule has 0 bridgehead atoms. The summed E-state index contributed by atoms with van der Waals surface area (Å²) in [7, 11) is 0. The van der Waals surface area contributed by atoms with E-state index in [1.807, 2.05) is 0 Å². The number of rotatable bonds is 9. The van der Waals surface area contributed by atoms with Gasteiger partial charge in [0.15, 0.2) is 0 Å². The summed E-state index contributed by atoms with van der Waals surface area (Å²) < 4.78 is 5.26. The highest BCUT2D eigenvalue weighted by molar-refractivity contribution is 4.79. The third-order valence-electron chi connectivity index (χ3n) is 2.95. The summed E-state index contributed by atoms with van der Waals surface area (Å²) in [5, 5.41) is 17.4. The highest BCUT2D eigenvalue weighted by Gasteiger charge is 2.23. The molecule has 4 nitrogen and oxygen atoms in total. The van der Waals surface area contributed by atoms with E-state index in [4.69, 9.17) is 14.9 Å². The fourth-order valence-electron chi connectivity index (χ4n) is 1.85. The summed E-state index contributed by atoms with van der Waals surface area (Å²) in [5.74, 6) is 0. The van der Waals surface area contributed by atoms with Gasteiger partial charge in [-0.25, -0.2) is 0 Å². The normalized spacial score (nSPS) is 17.0. The zero-order chi connectivity index (χ0) is 10.9. The summed E-state index contributed by atoms with van der Waals surface area (Å²) in [6, 6.07) is 0.703. The molecule has 0 saturated heterocycles. The number of ether oxygens (including phenoxy) is 1. The molecule has 90 valence electrons. The molecule has 0 amide bonds.